The molecule has 0 radical (unpaired) electrons. The average Bonchev–Trinajstić information content (AvgIpc) is 3.13. The maximum absolute atomic E-state index is 12.3. The van der Waals surface area contributed by atoms with Crippen molar-refractivity contribution in [2.75, 3.05) is 13.2 Å². The van der Waals surface area contributed by atoms with Gasteiger partial charge in [0, 0.05) is 24.0 Å². The van der Waals surface area contributed by atoms with Gasteiger partial charge in [-0.05, 0) is 35.6 Å². The zero-order chi connectivity index (χ0) is 18.1. The smallest absolute Gasteiger partial charge is 0.374 e. The fourth-order valence-corrected chi connectivity index (χ4v) is 3.85. The topological polar surface area (TPSA) is 76.8 Å². The number of carbonyl (C=O) groups is 2. The van der Waals surface area contributed by atoms with E-state index in [1.54, 1.807) is 40.5 Å². The van der Waals surface area contributed by atoms with Gasteiger partial charge in [-0.15, -0.1) is 11.3 Å². The number of hydrogen-bond acceptors (Lipinski definition) is 6. The molecule has 1 aromatic carbocycles. The Hall–Kier alpha value is -2.93. The van der Waals surface area contributed by atoms with Crippen LogP contribution in [-0.4, -0.2) is 29.9 Å². The lowest BCUT2D eigenvalue weighted by molar-refractivity contribution is -0.135. The monoisotopic (exact) mass is 369 g/mol. The molecule has 0 bridgehead atoms. The summed E-state index contributed by atoms with van der Waals surface area (Å²) >= 11 is 1.69. The number of carbonyl (C=O) groups excluding carboxylic acids is 2. The molecule has 6 nitrogen and oxygen atoms in total. The molecule has 1 aliphatic heterocycles. The van der Waals surface area contributed by atoms with Gasteiger partial charge < -0.3 is 14.1 Å². The van der Waals surface area contributed by atoms with Crippen molar-refractivity contribution >= 4 is 34.2 Å². The number of rotatable bonds is 3. The second-order valence-electron chi connectivity index (χ2n) is 5.98. The average molecular weight is 369 g/mol. The molecule has 4 rings (SSSR count). The van der Waals surface area contributed by atoms with Crippen LogP contribution in [0.4, 0.5) is 0 Å². The van der Waals surface area contributed by atoms with E-state index in [2.05, 4.69) is 0 Å². The fourth-order valence-electron chi connectivity index (χ4n) is 2.96. The molecule has 132 valence electrons. The van der Waals surface area contributed by atoms with Gasteiger partial charge in [-0.1, -0.05) is 12.1 Å². The van der Waals surface area contributed by atoms with Crippen molar-refractivity contribution in [3.05, 3.63) is 68.2 Å². The molecular weight excluding hydrogens is 354 g/mol. The quantitative estimate of drug-likeness (QED) is 0.663. The van der Waals surface area contributed by atoms with Gasteiger partial charge in [-0.25, -0.2) is 4.79 Å². The number of fused-ring (bicyclic) bond motifs is 2. The molecule has 7 heteroatoms. The van der Waals surface area contributed by atoms with Crippen LogP contribution >= 0.6 is 11.3 Å². The molecule has 0 N–H and O–H groups in total. The normalized spacial score (nSPS) is 13.5. The molecule has 1 amide bonds. The lowest BCUT2D eigenvalue weighted by Crippen LogP contribution is -2.38. The standard InChI is InChI=1S/C19H15NO5S/c21-14-9-16(25-15-4-2-1-3-13(14)15)19(23)24-11-18(22)20-7-5-17-12(10-20)6-8-26-17/h1-4,6,8-9H,5,7,10-11H2. The third kappa shape index (κ3) is 3.13. The van der Waals surface area contributed by atoms with E-state index in [1.807, 2.05) is 11.4 Å². The molecule has 3 aromatic rings. The highest BCUT2D eigenvalue weighted by molar-refractivity contribution is 7.10. The Morgan fingerprint density at radius 1 is 1.23 bits per heavy atom. The minimum Gasteiger partial charge on any atom is -0.450 e. The summed E-state index contributed by atoms with van der Waals surface area (Å²) in [5.41, 5.74) is 1.12. The summed E-state index contributed by atoms with van der Waals surface area (Å²) in [6.07, 6.45) is 0.812. The Balaban J connectivity index is 1.43. The third-order valence-electron chi connectivity index (χ3n) is 4.32. The Labute approximate surface area is 152 Å². The largest absolute Gasteiger partial charge is 0.450 e. The molecule has 2 aromatic heterocycles. The summed E-state index contributed by atoms with van der Waals surface area (Å²) < 4.78 is 10.5. The van der Waals surface area contributed by atoms with Crippen molar-refractivity contribution in [1.29, 1.82) is 0 Å². The minimum absolute atomic E-state index is 0.208. The van der Waals surface area contributed by atoms with Gasteiger partial charge in [0.1, 0.15) is 5.58 Å². The van der Waals surface area contributed by atoms with Crippen molar-refractivity contribution in [2.24, 2.45) is 0 Å². The molecular formula is C19H15NO5S. The second kappa shape index (κ2) is 6.76. The van der Waals surface area contributed by atoms with Crippen LogP contribution in [0.15, 0.2) is 51.0 Å². The van der Waals surface area contributed by atoms with E-state index in [4.69, 9.17) is 9.15 Å². The number of ether oxygens (including phenoxy) is 1. The first kappa shape index (κ1) is 16.5. The number of amides is 1. The van der Waals surface area contributed by atoms with E-state index in [9.17, 15) is 14.4 Å². The predicted octanol–water partition coefficient (Wildman–Crippen LogP) is 2.60. The van der Waals surface area contributed by atoms with Crippen LogP contribution in [0.25, 0.3) is 11.0 Å². The second-order valence-corrected chi connectivity index (χ2v) is 6.98. The van der Waals surface area contributed by atoms with Gasteiger partial charge in [0.2, 0.25) is 5.76 Å². The van der Waals surface area contributed by atoms with Crippen LogP contribution in [0.3, 0.4) is 0 Å². The summed E-state index contributed by atoms with van der Waals surface area (Å²) in [6.45, 7) is 0.754. The third-order valence-corrected chi connectivity index (χ3v) is 5.35. The van der Waals surface area contributed by atoms with E-state index < -0.39 is 5.97 Å². The Morgan fingerprint density at radius 3 is 2.96 bits per heavy atom. The van der Waals surface area contributed by atoms with Crippen LogP contribution in [-0.2, 0) is 22.5 Å². The maximum Gasteiger partial charge on any atom is 0.374 e. The number of thiophene rings is 1. The van der Waals surface area contributed by atoms with Gasteiger partial charge >= 0.3 is 5.97 Å². The van der Waals surface area contributed by atoms with E-state index in [0.29, 0.717) is 24.1 Å². The molecule has 0 aliphatic carbocycles. The molecule has 1 aliphatic rings. The van der Waals surface area contributed by atoms with Crippen LogP contribution in [0.2, 0.25) is 0 Å². The first-order valence-electron chi connectivity index (χ1n) is 8.15. The zero-order valence-corrected chi connectivity index (χ0v) is 14.6. The zero-order valence-electron chi connectivity index (χ0n) is 13.8. The number of para-hydroxylation sites is 1. The lowest BCUT2D eigenvalue weighted by atomic mass is 10.1. The molecule has 0 saturated heterocycles. The molecule has 26 heavy (non-hydrogen) atoms. The van der Waals surface area contributed by atoms with Crippen molar-refractivity contribution in [3.63, 3.8) is 0 Å². The minimum atomic E-state index is -0.825. The highest BCUT2D eigenvalue weighted by Gasteiger charge is 2.23. The van der Waals surface area contributed by atoms with Crippen molar-refractivity contribution < 1.29 is 18.7 Å². The molecule has 0 atom stereocenters. The number of hydrogen-bond donors (Lipinski definition) is 0. The summed E-state index contributed by atoms with van der Waals surface area (Å²) in [6, 6.07) is 9.74. The highest BCUT2D eigenvalue weighted by atomic mass is 32.1. The predicted molar refractivity (Wildman–Crippen MR) is 96.2 cm³/mol. The van der Waals surface area contributed by atoms with Crippen molar-refractivity contribution in [3.8, 4) is 0 Å². The fraction of sp³-hybridized carbons (Fsp3) is 0.211. The van der Waals surface area contributed by atoms with Crippen molar-refractivity contribution in [1.82, 2.24) is 4.90 Å². The number of esters is 1. The van der Waals surface area contributed by atoms with Gasteiger partial charge in [-0.3, -0.25) is 9.59 Å². The first-order chi connectivity index (χ1) is 12.6. The van der Waals surface area contributed by atoms with Crippen LogP contribution in [0.1, 0.15) is 21.0 Å². The van der Waals surface area contributed by atoms with Gasteiger partial charge in [0.25, 0.3) is 5.91 Å². The Morgan fingerprint density at radius 2 is 2.08 bits per heavy atom. The van der Waals surface area contributed by atoms with Gasteiger partial charge in [0.15, 0.2) is 12.0 Å². The van der Waals surface area contributed by atoms with Gasteiger partial charge in [-0.2, -0.15) is 0 Å². The summed E-state index contributed by atoms with van der Waals surface area (Å²) in [7, 11) is 0. The van der Waals surface area contributed by atoms with Crippen LogP contribution < -0.4 is 5.43 Å². The Kier molecular flexibility index (Phi) is 4.30. The summed E-state index contributed by atoms with van der Waals surface area (Å²) in [5.74, 6) is -1.30. The van der Waals surface area contributed by atoms with E-state index in [-0.39, 0.29) is 23.7 Å². The summed E-state index contributed by atoms with van der Waals surface area (Å²) in [4.78, 5) is 39.5. The first-order valence-corrected chi connectivity index (χ1v) is 9.03. The SMILES string of the molecule is O=C(OCC(=O)N1CCc2sccc2C1)c1cc(=O)c2ccccc2o1. The Bertz CT molecular complexity index is 1050. The number of nitrogens with zero attached hydrogens (tertiary/aromatic N) is 1. The maximum atomic E-state index is 12.3. The highest BCUT2D eigenvalue weighted by Crippen LogP contribution is 2.24. The molecule has 0 saturated carbocycles. The molecule has 0 fully saturated rings. The van der Waals surface area contributed by atoms with Crippen LogP contribution in [0.5, 0.6) is 0 Å². The van der Waals surface area contributed by atoms with Gasteiger partial charge in [0.05, 0.1) is 5.39 Å². The van der Waals surface area contributed by atoms with E-state index >= 15 is 0 Å². The van der Waals surface area contributed by atoms with Crippen LogP contribution in [0, 0.1) is 0 Å². The molecule has 0 unspecified atom stereocenters. The molecule has 0 spiro atoms. The van der Waals surface area contributed by atoms with E-state index in [0.717, 1.165) is 18.1 Å². The molecule has 3 heterocycles. The number of benzene rings is 1. The van der Waals surface area contributed by atoms with E-state index in [1.165, 1.54) is 4.88 Å². The summed E-state index contributed by atoms with van der Waals surface area (Å²) in [5, 5.41) is 2.40. The lowest BCUT2D eigenvalue weighted by Gasteiger charge is -2.26. The van der Waals surface area contributed by atoms with Crippen molar-refractivity contribution in [2.45, 2.75) is 13.0 Å².